The Labute approximate surface area is 204 Å². The van der Waals surface area contributed by atoms with Crippen LogP contribution in [0.1, 0.15) is 63.8 Å². The van der Waals surface area contributed by atoms with E-state index in [-0.39, 0.29) is 29.8 Å². The maximum absolute atomic E-state index is 12.1. The number of esters is 1. The molecule has 2 aliphatic rings. The van der Waals surface area contributed by atoms with E-state index in [2.05, 4.69) is 43.0 Å². The van der Waals surface area contributed by atoms with Gasteiger partial charge >= 0.3 is 5.97 Å². The Bertz CT molecular complexity index is 961. The van der Waals surface area contributed by atoms with Crippen molar-refractivity contribution in [3.63, 3.8) is 0 Å². The van der Waals surface area contributed by atoms with Crippen LogP contribution in [-0.4, -0.2) is 42.4 Å². The highest BCUT2D eigenvalue weighted by Gasteiger charge is 2.39. The van der Waals surface area contributed by atoms with Crippen molar-refractivity contribution in [3.8, 4) is 5.75 Å². The average Bonchev–Trinajstić information content (AvgIpc) is 3.44. The van der Waals surface area contributed by atoms with E-state index in [1.165, 1.54) is 24.0 Å². The van der Waals surface area contributed by atoms with Gasteiger partial charge in [0.2, 0.25) is 0 Å². The average molecular weight is 466 g/mol. The van der Waals surface area contributed by atoms with Crippen LogP contribution in [-0.2, 0) is 27.1 Å². The van der Waals surface area contributed by atoms with E-state index in [9.17, 15) is 4.79 Å². The predicted octanol–water partition coefficient (Wildman–Crippen LogP) is 5.57. The number of ether oxygens (including phenoxy) is 3. The quantitative estimate of drug-likeness (QED) is 0.358. The summed E-state index contributed by atoms with van der Waals surface area (Å²) in [5, 5.41) is 0. The van der Waals surface area contributed by atoms with Crippen LogP contribution in [0.5, 0.6) is 5.75 Å². The van der Waals surface area contributed by atoms with Gasteiger partial charge in [-0.2, -0.15) is 0 Å². The third-order valence-electron chi connectivity index (χ3n) is 7.22. The number of rotatable bonds is 9. The summed E-state index contributed by atoms with van der Waals surface area (Å²) in [4.78, 5) is 14.6. The van der Waals surface area contributed by atoms with Crippen molar-refractivity contribution in [2.45, 2.75) is 71.8 Å². The maximum Gasteiger partial charge on any atom is 0.313 e. The van der Waals surface area contributed by atoms with Crippen LogP contribution in [0.3, 0.4) is 0 Å². The molecule has 0 aromatic heterocycles. The second-order valence-electron chi connectivity index (χ2n) is 10.7. The summed E-state index contributed by atoms with van der Waals surface area (Å²) in [6, 6.07) is 16.5. The first kappa shape index (κ1) is 24.9. The Morgan fingerprint density at radius 2 is 1.71 bits per heavy atom. The molecule has 1 aliphatic carbocycles. The first-order valence-electron chi connectivity index (χ1n) is 12.6. The summed E-state index contributed by atoms with van der Waals surface area (Å²) in [6.45, 7) is 12.5. The van der Waals surface area contributed by atoms with Gasteiger partial charge < -0.3 is 14.2 Å². The molecule has 0 amide bonds. The standard InChI is InChI=1S/C29H39NO4/c1-20(2)28(31)34-26-13-9-8-12-25(26)21(3)33-19-27-30(14-15-32-27)29(4,5)18-22-16-23-10-6-7-11-24(23)17-22/h6-13,20-22,27H,14-19H2,1-5H3/t21-,27?/m1/s1. The smallest absolute Gasteiger partial charge is 0.313 e. The molecule has 1 fully saturated rings. The summed E-state index contributed by atoms with van der Waals surface area (Å²) < 4.78 is 18.0. The van der Waals surface area contributed by atoms with Crippen LogP contribution >= 0.6 is 0 Å². The van der Waals surface area contributed by atoms with Crippen molar-refractivity contribution in [3.05, 3.63) is 65.2 Å². The van der Waals surface area contributed by atoms with Crippen LogP contribution in [0, 0.1) is 11.8 Å². The number of hydrogen-bond donors (Lipinski definition) is 0. The minimum atomic E-state index is -0.235. The summed E-state index contributed by atoms with van der Waals surface area (Å²) in [6.07, 6.45) is 3.17. The molecule has 0 spiro atoms. The first-order chi connectivity index (χ1) is 16.2. The van der Waals surface area contributed by atoms with Gasteiger partial charge in [0.15, 0.2) is 0 Å². The van der Waals surface area contributed by atoms with Gasteiger partial charge in [-0.15, -0.1) is 0 Å². The second kappa shape index (κ2) is 10.6. The lowest BCUT2D eigenvalue weighted by Gasteiger charge is -2.40. The van der Waals surface area contributed by atoms with E-state index < -0.39 is 0 Å². The van der Waals surface area contributed by atoms with Crippen molar-refractivity contribution in [1.29, 1.82) is 0 Å². The van der Waals surface area contributed by atoms with E-state index in [0.717, 1.165) is 25.1 Å². The molecule has 1 aliphatic heterocycles. The largest absolute Gasteiger partial charge is 0.426 e. The molecule has 0 bridgehead atoms. The van der Waals surface area contributed by atoms with Crippen LogP contribution in [0.4, 0.5) is 0 Å². The van der Waals surface area contributed by atoms with Gasteiger partial charge in [0.1, 0.15) is 12.0 Å². The van der Waals surface area contributed by atoms with Crippen molar-refractivity contribution >= 4 is 5.97 Å². The molecule has 0 saturated carbocycles. The molecule has 1 heterocycles. The molecule has 1 saturated heterocycles. The molecule has 2 aromatic carbocycles. The number of benzene rings is 2. The molecule has 4 rings (SSSR count). The molecule has 184 valence electrons. The summed E-state index contributed by atoms with van der Waals surface area (Å²) in [7, 11) is 0. The molecule has 2 atom stereocenters. The Hall–Kier alpha value is -2.21. The molecule has 1 unspecified atom stereocenters. The molecule has 0 radical (unpaired) electrons. The van der Waals surface area contributed by atoms with Gasteiger partial charge in [-0.1, -0.05) is 56.3 Å². The highest BCUT2D eigenvalue weighted by atomic mass is 16.6. The highest BCUT2D eigenvalue weighted by molar-refractivity contribution is 5.74. The number of fused-ring (bicyclic) bond motifs is 1. The molecular weight excluding hydrogens is 426 g/mol. The summed E-state index contributed by atoms with van der Waals surface area (Å²) in [5.74, 6) is 0.815. The van der Waals surface area contributed by atoms with Gasteiger partial charge in [-0.25, -0.2) is 0 Å². The zero-order chi connectivity index (χ0) is 24.3. The Morgan fingerprint density at radius 1 is 1.06 bits per heavy atom. The molecule has 5 heteroatoms. The third-order valence-corrected chi connectivity index (χ3v) is 7.22. The number of carbonyl (C=O) groups excluding carboxylic acids is 1. The first-order valence-corrected chi connectivity index (χ1v) is 12.6. The normalized spacial score (nSPS) is 20.0. The van der Waals surface area contributed by atoms with Gasteiger partial charge in [-0.05, 0) is 63.1 Å². The molecule has 5 nitrogen and oxygen atoms in total. The second-order valence-corrected chi connectivity index (χ2v) is 10.7. The number of carbonyl (C=O) groups is 1. The summed E-state index contributed by atoms with van der Waals surface area (Å²) in [5.41, 5.74) is 3.91. The van der Waals surface area contributed by atoms with Crippen LogP contribution < -0.4 is 4.74 Å². The molecule has 2 aromatic rings. The van der Waals surface area contributed by atoms with Gasteiger partial charge in [0.25, 0.3) is 0 Å². The third kappa shape index (κ3) is 5.70. The highest BCUT2D eigenvalue weighted by Crippen LogP contribution is 2.36. The molecule has 34 heavy (non-hydrogen) atoms. The molecule has 0 N–H and O–H groups in total. The van der Waals surface area contributed by atoms with Gasteiger partial charge in [0, 0.05) is 17.6 Å². The van der Waals surface area contributed by atoms with E-state index in [1.807, 2.05) is 45.0 Å². The maximum atomic E-state index is 12.1. The van der Waals surface area contributed by atoms with Crippen LogP contribution in [0.2, 0.25) is 0 Å². The summed E-state index contributed by atoms with van der Waals surface area (Å²) >= 11 is 0. The van der Waals surface area contributed by atoms with E-state index >= 15 is 0 Å². The fourth-order valence-corrected chi connectivity index (χ4v) is 5.42. The molecular formula is C29H39NO4. The Morgan fingerprint density at radius 3 is 2.38 bits per heavy atom. The fourth-order valence-electron chi connectivity index (χ4n) is 5.42. The minimum Gasteiger partial charge on any atom is -0.426 e. The van der Waals surface area contributed by atoms with Crippen molar-refractivity contribution < 1.29 is 19.0 Å². The zero-order valence-corrected chi connectivity index (χ0v) is 21.3. The van der Waals surface area contributed by atoms with Gasteiger partial charge in [0.05, 0.1) is 25.2 Å². The van der Waals surface area contributed by atoms with E-state index in [0.29, 0.717) is 18.3 Å². The Kier molecular flexibility index (Phi) is 7.76. The lowest BCUT2D eigenvalue weighted by molar-refractivity contribution is -0.138. The van der Waals surface area contributed by atoms with Crippen molar-refractivity contribution in [2.24, 2.45) is 11.8 Å². The Balaban J connectivity index is 1.36. The van der Waals surface area contributed by atoms with Crippen LogP contribution in [0.15, 0.2) is 48.5 Å². The lowest BCUT2D eigenvalue weighted by atomic mass is 9.87. The fraction of sp³-hybridized carbons (Fsp3) is 0.552. The number of para-hydroxylation sites is 1. The van der Waals surface area contributed by atoms with Gasteiger partial charge in [-0.3, -0.25) is 9.69 Å². The number of nitrogens with zero attached hydrogens (tertiary/aromatic N) is 1. The van der Waals surface area contributed by atoms with E-state index in [4.69, 9.17) is 14.2 Å². The topological polar surface area (TPSA) is 48.0 Å². The lowest BCUT2D eigenvalue weighted by Crippen LogP contribution is -2.50. The zero-order valence-electron chi connectivity index (χ0n) is 21.3. The SMILES string of the molecule is CC(C)C(=O)Oc1ccccc1[C@@H](C)OCC1OCCN1C(C)(C)CC1Cc2ccccc2C1. The van der Waals surface area contributed by atoms with E-state index in [1.54, 1.807) is 0 Å². The predicted molar refractivity (Wildman–Crippen MR) is 134 cm³/mol. The minimum absolute atomic E-state index is 0.0190. The van der Waals surface area contributed by atoms with Crippen molar-refractivity contribution in [1.82, 2.24) is 4.90 Å². The monoisotopic (exact) mass is 465 g/mol. The number of hydrogen-bond acceptors (Lipinski definition) is 5. The van der Waals surface area contributed by atoms with Crippen LogP contribution in [0.25, 0.3) is 0 Å². The van der Waals surface area contributed by atoms with Crippen molar-refractivity contribution in [2.75, 3.05) is 19.8 Å².